The van der Waals surface area contributed by atoms with Gasteiger partial charge in [-0.3, -0.25) is 0 Å². The Balaban J connectivity index is 2.15. The SMILES string of the molecule is CNC(Cn1ccnc1C)c1ccc(OC)cc1. The van der Waals surface area contributed by atoms with Gasteiger partial charge in [-0.25, -0.2) is 4.98 Å². The van der Waals surface area contributed by atoms with Gasteiger partial charge >= 0.3 is 0 Å². The van der Waals surface area contributed by atoms with Crippen LogP contribution in [-0.4, -0.2) is 23.7 Å². The highest BCUT2D eigenvalue weighted by molar-refractivity contribution is 5.29. The van der Waals surface area contributed by atoms with Crippen LogP contribution in [0.25, 0.3) is 0 Å². The van der Waals surface area contributed by atoms with Gasteiger partial charge in [0, 0.05) is 25.0 Å². The van der Waals surface area contributed by atoms with E-state index in [1.165, 1.54) is 5.56 Å². The van der Waals surface area contributed by atoms with Crippen LogP contribution in [0, 0.1) is 6.92 Å². The number of likely N-dealkylation sites (N-methyl/N-ethyl adjacent to an activating group) is 1. The Hall–Kier alpha value is -1.81. The summed E-state index contributed by atoms with van der Waals surface area (Å²) < 4.78 is 7.32. The third kappa shape index (κ3) is 2.71. The van der Waals surface area contributed by atoms with E-state index >= 15 is 0 Å². The van der Waals surface area contributed by atoms with Gasteiger partial charge in [0.25, 0.3) is 0 Å². The maximum Gasteiger partial charge on any atom is 0.118 e. The Morgan fingerprint density at radius 2 is 2.06 bits per heavy atom. The molecule has 1 atom stereocenters. The summed E-state index contributed by atoms with van der Waals surface area (Å²) in [4.78, 5) is 4.24. The maximum absolute atomic E-state index is 5.17. The molecular formula is C14H19N3O. The van der Waals surface area contributed by atoms with Crippen LogP contribution in [-0.2, 0) is 6.54 Å². The molecule has 0 saturated heterocycles. The first-order chi connectivity index (χ1) is 8.74. The molecule has 4 heteroatoms. The van der Waals surface area contributed by atoms with Crippen LogP contribution >= 0.6 is 0 Å². The Morgan fingerprint density at radius 3 is 2.56 bits per heavy atom. The third-order valence-corrected chi connectivity index (χ3v) is 3.17. The zero-order valence-corrected chi connectivity index (χ0v) is 11.1. The Labute approximate surface area is 108 Å². The van der Waals surface area contributed by atoms with Crippen molar-refractivity contribution in [3.63, 3.8) is 0 Å². The van der Waals surface area contributed by atoms with E-state index in [9.17, 15) is 0 Å². The Bertz CT molecular complexity index is 490. The van der Waals surface area contributed by atoms with Crippen molar-refractivity contribution in [1.29, 1.82) is 0 Å². The minimum atomic E-state index is 0.267. The average molecular weight is 245 g/mol. The fourth-order valence-corrected chi connectivity index (χ4v) is 1.99. The number of aryl methyl sites for hydroxylation is 1. The molecule has 1 aromatic heterocycles. The van der Waals surface area contributed by atoms with Crippen molar-refractivity contribution in [3.05, 3.63) is 48.0 Å². The number of benzene rings is 1. The van der Waals surface area contributed by atoms with Crippen molar-refractivity contribution < 1.29 is 4.74 Å². The van der Waals surface area contributed by atoms with E-state index < -0.39 is 0 Å². The van der Waals surface area contributed by atoms with Crippen LogP contribution in [0.15, 0.2) is 36.7 Å². The molecule has 0 fully saturated rings. The van der Waals surface area contributed by atoms with E-state index in [1.807, 2.05) is 38.5 Å². The van der Waals surface area contributed by atoms with Crippen molar-refractivity contribution in [1.82, 2.24) is 14.9 Å². The van der Waals surface area contributed by atoms with Gasteiger partial charge in [-0.15, -0.1) is 0 Å². The molecule has 0 aliphatic heterocycles. The summed E-state index contributed by atoms with van der Waals surface area (Å²) in [5, 5.41) is 3.33. The van der Waals surface area contributed by atoms with Gasteiger partial charge in [0.15, 0.2) is 0 Å². The van der Waals surface area contributed by atoms with Crippen LogP contribution in [0.5, 0.6) is 5.75 Å². The third-order valence-electron chi connectivity index (χ3n) is 3.17. The zero-order valence-electron chi connectivity index (χ0n) is 11.1. The standard InChI is InChI=1S/C14H19N3O/c1-11-16-8-9-17(11)10-14(15-2)12-4-6-13(18-3)7-5-12/h4-9,14-15H,10H2,1-3H3. The monoisotopic (exact) mass is 245 g/mol. The number of nitrogens with one attached hydrogen (secondary N) is 1. The molecule has 1 aromatic carbocycles. The molecule has 1 unspecified atom stereocenters. The topological polar surface area (TPSA) is 39.1 Å². The molecule has 0 amide bonds. The summed E-state index contributed by atoms with van der Waals surface area (Å²) in [6, 6.07) is 8.42. The number of rotatable bonds is 5. The molecule has 0 spiro atoms. The Morgan fingerprint density at radius 1 is 1.33 bits per heavy atom. The number of hydrogen-bond donors (Lipinski definition) is 1. The molecular weight excluding hydrogens is 226 g/mol. The predicted octanol–water partition coefficient (Wildman–Crippen LogP) is 2.16. The maximum atomic E-state index is 5.17. The lowest BCUT2D eigenvalue weighted by atomic mass is 10.1. The normalized spacial score (nSPS) is 12.4. The molecule has 96 valence electrons. The van der Waals surface area contributed by atoms with E-state index in [2.05, 4.69) is 27.0 Å². The second-order valence-electron chi connectivity index (χ2n) is 4.24. The first kappa shape index (κ1) is 12.6. The van der Waals surface area contributed by atoms with Crippen molar-refractivity contribution in [3.8, 4) is 5.75 Å². The van der Waals surface area contributed by atoms with Gasteiger partial charge in [0.2, 0.25) is 0 Å². The minimum absolute atomic E-state index is 0.267. The van der Waals surface area contributed by atoms with Crippen molar-refractivity contribution in [2.75, 3.05) is 14.2 Å². The number of imidazole rings is 1. The summed E-state index contributed by atoms with van der Waals surface area (Å²) in [5.41, 5.74) is 1.24. The quantitative estimate of drug-likeness (QED) is 0.877. The molecule has 1 N–H and O–H groups in total. The molecule has 1 heterocycles. The summed E-state index contributed by atoms with van der Waals surface area (Å²) in [7, 11) is 3.65. The summed E-state index contributed by atoms with van der Waals surface area (Å²) >= 11 is 0. The molecule has 4 nitrogen and oxygen atoms in total. The van der Waals surface area contributed by atoms with Crippen molar-refractivity contribution in [2.45, 2.75) is 19.5 Å². The molecule has 0 aliphatic rings. The molecule has 2 aromatic rings. The molecule has 18 heavy (non-hydrogen) atoms. The fourth-order valence-electron chi connectivity index (χ4n) is 1.99. The largest absolute Gasteiger partial charge is 0.497 e. The first-order valence-corrected chi connectivity index (χ1v) is 6.03. The van der Waals surface area contributed by atoms with E-state index in [0.29, 0.717) is 0 Å². The van der Waals surface area contributed by atoms with E-state index in [-0.39, 0.29) is 6.04 Å². The second-order valence-corrected chi connectivity index (χ2v) is 4.24. The number of hydrogen-bond acceptors (Lipinski definition) is 3. The lowest BCUT2D eigenvalue weighted by Crippen LogP contribution is -2.22. The van der Waals surface area contributed by atoms with Crippen LogP contribution in [0.4, 0.5) is 0 Å². The zero-order chi connectivity index (χ0) is 13.0. The van der Waals surface area contributed by atoms with Crippen LogP contribution in [0.1, 0.15) is 17.4 Å². The molecule has 0 radical (unpaired) electrons. The molecule has 0 aliphatic carbocycles. The van der Waals surface area contributed by atoms with Gasteiger partial charge in [-0.2, -0.15) is 0 Å². The number of methoxy groups -OCH3 is 1. The van der Waals surface area contributed by atoms with Gasteiger partial charge < -0.3 is 14.6 Å². The van der Waals surface area contributed by atoms with Crippen LogP contribution in [0.3, 0.4) is 0 Å². The number of ether oxygens (including phenoxy) is 1. The number of nitrogens with zero attached hydrogens (tertiary/aromatic N) is 2. The van der Waals surface area contributed by atoms with E-state index in [0.717, 1.165) is 18.1 Å². The summed E-state index contributed by atoms with van der Waals surface area (Å²) in [5.74, 6) is 1.91. The van der Waals surface area contributed by atoms with Crippen LogP contribution < -0.4 is 10.1 Å². The lowest BCUT2D eigenvalue weighted by molar-refractivity contribution is 0.414. The summed E-state index contributed by atoms with van der Waals surface area (Å²) in [6.07, 6.45) is 3.83. The van der Waals surface area contributed by atoms with E-state index in [4.69, 9.17) is 4.74 Å². The van der Waals surface area contributed by atoms with Crippen molar-refractivity contribution in [2.24, 2.45) is 0 Å². The molecule has 0 bridgehead atoms. The number of aromatic nitrogens is 2. The van der Waals surface area contributed by atoms with Crippen molar-refractivity contribution >= 4 is 0 Å². The van der Waals surface area contributed by atoms with Gasteiger partial charge in [0.1, 0.15) is 11.6 Å². The summed E-state index contributed by atoms with van der Waals surface area (Å²) in [6.45, 7) is 2.88. The van der Waals surface area contributed by atoms with Gasteiger partial charge in [0.05, 0.1) is 7.11 Å². The first-order valence-electron chi connectivity index (χ1n) is 6.03. The highest BCUT2D eigenvalue weighted by Crippen LogP contribution is 2.19. The smallest absolute Gasteiger partial charge is 0.118 e. The predicted molar refractivity (Wildman–Crippen MR) is 71.8 cm³/mol. The van der Waals surface area contributed by atoms with E-state index in [1.54, 1.807) is 7.11 Å². The Kier molecular flexibility index (Phi) is 3.99. The average Bonchev–Trinajstić information content (AvgIpc) is 2.81. The minimum Gasteiger partial charge on any atom is -0.497 e. The second kappa shape index (κ2) is 5.69. The fraction of sp³-hybridized carbons (Fsp3) is 0.357. The molecule has 2 rings (SSSR count). The van der Waals surface area contributed by atoms with Crippen LogP contribution in [0.2, 0.25) is 0 Å². The van der Waals surface area contributed by atoms with Gasteiger partial charge in [-0.05, 0) is 31.7 Å². The lowest BCUT2D eigenvalue weighted by Gasteiger charge is -2.18. The van der Waals surface area contributed by atoms with Gasteiger partial charge in [-0.1, -0.05) is 12.1 Å². The molecule has 0 saturated carbocycles. The highest BCUT2D eigenvalue weighted by atomic mass is 16.5. The highest BCUT2D eigenvalue weighted by Gasteiger charge is 2.11.